The van der Waals surface area contributed by atoms with Crippen LogP contribution >= 0.6 is 12.6 Å². The first kappa shape index (κ1) is 21.2. The third-order valence-electron chi connectivity index (χ3n) is 5.31. The molecule has 7 nitrogen and oxygen atoms in total. The van der Waals surface area contributed by atoms with Gasteiger partial charge in [-0.1, -0.05) is 11.2 Å². The number of thiol groups is 1. The van der Waals surface area contributed by atoms with Crippen LogP contribution in [0.5, 0.6) is 0 Å². The zero-order valence-corrected chi connectivity index (χ0v) is 18.7. The van der Waals surface area contributed by atoms with Gasteiger partial charge < -0.3 is 18.9 Å². The van der Waals surface area contributed by atoms with Gasteiger partial charge in [0, 0.05) is 18.0 Å². The van der Waals surface area contributed by atoms with Crippen LogP contribution in [0.4, 0.5) is 4.79 Å². The molecule has 162 valence electrons. The maximum atomic E-state index is 12.2. The summed E-state index contributed by atoms with van der Waals surface area (Å²) in [5.41, 5.74) is 1.68. The molecule has 30 heavy (non-hydrogen) atoms. The van der Waals surface area contributed by atoms with E-state index in [0.717, 1.165) is 23.3 Å². The SMILES string of the molecule is CC(C)(C)OC(=O)N1CCC(OCc2noc(-c3ccc(C4CC4)cc3S)n2)CC1. The lowest BCUT2D eigenvalue weighted by atomic mass is 10.1. The third-order valence-corrected chi connectivity index (χ3v) is 5.68. The maximum absolute atomic E-state index is 12.2. The fraction of sp³-hybridized carbons (Fsp3) is 0.591. The summed E-state index contributed by atoms with van der Waals surface area (Å²) >= 11 is 4.59. The lowest BCUT2D eigenvalue weighted by Crippen LogP contribution is -2.43. The van der Waals surface area contributed by atoms with Gasteiger partial charge in [0.25, 0.3) is 5.89 Å². The minimum Gasteiger partial charge on any atom is -0.444 e. The Balaban J connectivity index is 1.27. The van der Waals surface area contributed by atoms with E-state index >= 15 is 0 Å². The second-order valence-corrected chi connectivity index (χ2v) is 9.53. The van der Waals surface area contributed by atoms with Crippen molar-refractivity contribution in [3.05, 3.63) is 29.6 Å². The lowest BCUT2D eigenvalue weighted by molar-refractivity contribution is -0.0190. The summed E-state index contributed by atoms with van der Waals surface area (Å²) in [6.45, 7) is 7.14. The highest BCUT2D eigenvalue weighted by Crippen LogP contribution is 2.41. The minimum absolute atomic E-state index is 0.0592. The molecule has 1 aliphatic carbocycles. The normalized spacial score (nSPS) is 17.9. The van der Waals surface area contributed by atoms with Crippen molar-refractivity contribution in [2.75, 3.05) is 13.1 Å². The predicted octanol–water partition coefficient (Wildman–Crippen LogP) is 4.82. The summed E-state index contributed by atoms with van der Waals surface area (Å²) in [4.78, 5) is 19.2. The van der Waals surface area contributed by atoms with Crippen LogP contribution in [-0.4, -0.2) is 45.9 Å². The van der Waals surface area contributed by atoms with Crippen LogP contribution in [0.3, 0.4) is 0 Å². The number of benzene rings is 1. The first-order valence-corrected chi connectivity index (χ1v) is 11.0. The van der Waals surface area contributed by atoms with E-state index in [1.165, 1.54) is 18.4 Å². The quantitative estimate of drug-likeness (QED) is 0.684. The number of nitrogens with zero attached hydrogens (tertiary/aromatic N) is 3. The van der Waals surface area contributed by atoms with E-state index in [9.17, 15) is 4.79 Å². The summed E-state index contributed by atoms with van der Waals surface area (Å²) in [6, 6.07) is 6.21. The van der Waals surface area contributed by atoms with Gasteiger partial charge >= 0.3 is 6.09 Å². The highest BCUT2D eigenvalue weighted by atomic mass is 32.1. The second kappa shape index (κ2) is 8.59. The number of hydrogen-bond acceptors (Lipinski definition) is 7. The second-order valence-electron chi connectivity index (χ2n) is 9.04. The average Bonchev–Trinajstić information content (AvgIpc) is 3.44. The van der Waals surface area contributed by atoms with E-state index in [2.05, 4.69) is 34.9 Å². The molecule has 0 bridgehead atoms. The molecule has 1 aliphatic heterocycles. The molecule has 0 spiro atoms. The summed E-state index contributed by atoms with van der Waals surface area (Å²) in [5.74, 6) is 1.65. The molecule has 0 N–H and O–H groups in total. The van der Waals surface area contributed by atoms with Gasteiger partial charge in [0.1, 0.15) is 12.2 Å². The number of hydrogen-bond donors (Lipinski definition) is 1. The van der Waals surface area contributed by atoms with E-state index in [1.54, 1.807) is 4.90 Å². The molecule has 0 unspecified atom stereocenters. The Labute approximate surface area is 182 Å². The van der Waals surface area contributed by atoms with E-state index < -0.39 is 5.60 Å². The molecule has 2 aromatic rings. The van der Waals surface area contributed by atoms with Crippen LogP contribution in [0.1, 0.15) is 63.8 Å². The molecule has 2 fully saturated rings. The molecule has 8 heteroatoms. The molecule has 0 radical (unpaired) electrons. The Morgan fingerprint density at radius 1 is 1.23 bits per heavy atom. The Morgan fingerprint density at radius 2 is 1.97 bits per heavy atom. The van der Waals surface area contributed by atoms with Crippen LogP contribution in [0.2, 0.25) is 0 Å². The third kappa shape index (κ3) is 5.35. The van der Waals surface area contributed by atoms with Crippen molar-refractivity contribution in [2.24, 2.45) is 0 Å². The van der Waals surface area contributed by atoms with E-state index in [4.69, 9.17) is 14.0 Å². The molecule has 1 saturated heterocycles. The molecule has 2 aliphatic rings. The van der Waals surface area contributed by atoms with Crippen molar-refractivity contribution in [3.63, 3.8) is 0 Å². The molecule has 2 heterocycles. The highest BCUT2D eigenvalue weighted by molar-refractivity contribution is 7.80. The van der Waals surface area contributed by atoms with Crippen molar-refractivity contribution < 1.29 is 18.8 Å². The number of carbonyl (C=O) groups is 1. The zero-order chi connectivity index (χ0) is 21.3. The Kier molecular flexibility index (Phi) is 6.06. The standard InChI is InChI=1S/C22H29N3O4S/c1-22(2,3)28-21(26)25-10-8-16(9-11-25)27-13-19-23-20(29-24-19)17-7-6-15(12-18(17)30)14-4-5-14/h6-7,12,14,16,30H,4-5,8-11,13H2,1-3H3. The van der Waals surface area contributed by atoms with Crippen LogP contribution in [0.15, 0.2) is 27.6 Å². The summed E-state index contributed by atoms with van der Waals surface area (Å²) in [6.07, 6.45) is 3.82. The molecule has 0 atom stereocenters. The van der Waals surface area contributed by atoms with Crippen molar-refractivity contribution in [1.82, 2.24) is 15.0 Å². The van der Waals surface area contributed by atoms with E-state index in [-0.39, 0.29) is 18.8 Å². The number of piperidine rings is 1. The van der Waals surface area contributed by atoms with Gasteiger partial charge in [-0.3, -0.25) is 0 Å². The van der Waals surface area contributed by atoms with Crippen molar-refractivity contribution in [2.45, 2.75) is 75.6 Å². The van der Waals surface area contributed by atoms with Crippen molar-refractivity contribution >= 4 is 18.7 Å². The molecule has 1 aromatic carbocycles. The molecular weight excluding hydrogens is 402 g/mol. The number of amides is 1. The zero-order valence-electron chi connectivity index (χ0n) is 17.8. The predicted molar refractivity (Wildman–Crippen MR) is 115 cm³/mol. The van der Waals surface area contributed by atoms with Gasteiger partial charge in [-0.25, -0.2) is 4.79 Å². The number of aromatic nitrogens is 2. The van der Waals surface area contributed by atoms with Gasteiger partial charge in [-0.15, -0.1) is 12.6 Å². The number of rotatable bonds is 5. The summed E-state index contributed by atoms with van der Waals surface area (Å²) in [5, 5.41) is 4.04. The van der Waals surface area contributed by atoms with Crippen molar-refractivity contribution in [3.8, 4) is 11.5 Å². The Hall–Kier alpha value is -2.06. The molecule has 1 saturated carbocycles. The van der Waals surface area contributed by atoms with E-state index in [1.807, 2.05) is 26.8 Å². The van der Waals surface area contributed by atoms with Gasteiger partial charge in [0.15, 0.2) is 5.82 Å². The Bertz CT molecular complexity index is 896. The fourth-order valence-corrected chi connectivity index (χ4v) is 3.87. The molecular formula is C22H29N3O4S. The van der Waals surface area contributed by atoms with Crippen molar-refractivity contribution in [1.29, 1.82) is 0 Å². The number of ether oxygens (including phenoxy) is 2. The number of likely N-dealkylation sites (tertiary alicyclic amines) is 1. The monoisotopic (exact) mass is 431 g/mol. The molecule has 1 amide bonds. The Morgan fingerprint density at radius 3 is 2.60 bits per heavy atom. The first-order valence-electron chi connectivity index (χ1n) is 10.5. The maximum Gasteiger partial charge on any atom is 0.410 e. The fourth-order valence-electron chi connectivity index (χ4n) is 3.55. The molecule has 4 rings (SSSR count). The topological polar surface area (TPSA) is 77.7 Å². The van der Waals surface area contributed by atoms with Crippen LogP contribution < -0.4 is 0 Å². The highest BCUT2D eigenvalue weighted by Gasteiger charge is 2.28. The number of carbonyl (C=O) groups excluding carboxylic acids is 1. The van der Waals surface area contributed by atoms with Crippen LogP contribution in [0, 0.1) is 0 Å². The van der Waals surface area contributed by atoms with Gasteiger partial charge in [-0.05, 0) is 70.1 Å². The summed E-state index contributed by atoms with van der Waals surface area (Å²) < 4.78 is 16.8. The smallest absolute Gasteiger partial charge is 0.410 e. The van der Waals surface area contributed by atoms with Gasteiger partial charge in [0.2, 0.25) is 0 Å². The summed E-state index contributed by atoms with van der Waals surface area (Å²) in [7, 11) is 0. The average molecular weight is 432 g/mol. The van der Waals surface area contributed by atoms with Gasteiger partial charge in [-0.2, -0.15) is 4.98 Å². The van der Waals surface area contributed by atoms with Crippen LogP contribution in [0.25, 0.3) is 11.5 Å². The molecule has 1 aromatic heterocycles. The largest absolute Gasteiger partial charge is 0.444 e. The first-order chi connectivity index (χ1) is 14.3. The lowest BCUT2D eigenvalue weighted by Gasteiger charge is -2.33. The van der Waals surface area contributed by atoms with E-state index in [0.29, 0.717) is 30.7 Å². The van der Waals surface area contributed by atoms with Crippen LogP contribution in [-0.2, 0) is 16.1 Å². The van der Waals surface area contributed by atoms with Gasteiger partial charge in [0.05, 0.1) is 11.7 Å². The minimum atomic E-state index is -0.480.